The van der Waals surface area contributed by atoms with Gasteiger partial charge in [-0.25, -0.2) is 4.79 Å². The molecule has 0 atom stereocenters. The quantitative estimate of drug-likeness (QED) is 0.649. The second-order valence-corrected chi connectivity index (χ2v) is 4.27. The van der Waals surface area contributed by atoms with Gasteiger partial charge in [-0.2, -0.15) is 0 Å². The predicted octanol–water partition coefficient (Wildman–Crippen LogP) is 2.71. The number of nitrogens with zero attached hydrogens (tertiary/aromatic N) is 1. The van der Waals surface area contributed by atoms with Crippen molar-refractivity contribution < 1.29 is 14.6 Å². The van der Waals surface area contributed by atoms with Gasteiger partial charge in [-0.05, 0) is 11.1 Å². The van der Waals surface area contributed by atoms with Gasteiger partial charge in [0.25, 0.3) is 0 Å². The standard InChI is InChI=1S/C12H16BrNO3/c1-14(12(15)16)5-6-17-9-11-4-2-3-10(7-11)8-13/h2-4,7H,5-6,8-9H2,1H3,(H,15,16). The molecule has 17 heavy (non-hydrogen) atoms. The Balaban J connectivity index is 2.28. The van der Waals surface area contributed by atoms with Crippen LogP contribution in [-0.4, -0.2) is 36.3 Å². The van der Waals surface area contributed by atoms with E-state index in [1.807, 2.05) is 18.2 Å². The molecule has 0 aromatic heterocycles. The summed E-state index contributed by atoms with van der Waals surface area (Å²) in [4.78, 5) is 11.7. The van der Waals surface area contributed by atoms with Crippen molar-refractivity contribution in [1.29, 1.82) is 0 Å². The van der Waals surface area contributed by atoms with E-state index in [0.29, 0.717) is 19.8 Å². The molecular formula is C12H16BrNO3. The van der Waals surface area contributed by atoms with Crippen molar-refractivity contribution in [3.8, 4) is 0 Å². The van der Waals surface area contributed by atoms with Crippen molar-refractivity contribution >= 4 is 22.0 Å². The third-order valence-electron chi connectivity index (χ3n) is 2.31. The number of halogens is 1. The molecule has 0 aliphatic rings. The molecular weight excluding hydrogens is 286 g/mol. The SMILES string of the molecule is CN(CCOCc1cccc(CBr)c1)C(=O)O. The zero-order valence-corrected chi connectivity index (χ0v) is 11.3. The van der Waals surface area contributed by atoms with Gasteiger partial charge in [-0.15, -0.1) is 0 Å². The van der Waals surface area contributed by atoms with Crippen molar-refractivity contribution in [2.75, 3.05) is 20.2 Å². The molecule has 94 valence electrons. The first-order chi connectivity index (χ1) is 8.13. The maximum Gasteiger partial charge on any atom is 0.407 e. The number of likely N-dealkylation sites (N-methyl/N-ethyl adjacent to an activating group) is 1. The fraction of sp³-hybridized carbons (Fsp3) is 0.417. The summed E-state index contributed by atoms with van der Waals surface area (Å²) in [5.74, 6) is 0. The highest BCUT2D eigenvalue weighted by molar-refractivity contribution is 9.08. The highest BCUT2D eigenvalue weighted by atomic mass is 79.9. The molecule has 0 heterocycles. The second-order valence-electron chi connectivity index (χ2n) is 3.71. The van der Waals surface area contributed by atoms with Crippen LogP contribution in [0.1, 0.15) is 11.1 Å². The number of carbonyl (C=O) groups is 1. The van der Waals surface area contributed by atoms with E-state index in [-0.39, 0.29) is 0 Å². The van der Waals surface area contributed by atoms with E-state index in [0.717, 1.165) is 10.9 Å². The largest absolute Gasteiger partial charge is 0.465 e. The number of ether oxygens (including phenoxy) is 1. The van der Waals surface area contributed by atoms with Crippen LogP contribution < -0.4 is 0 Å². The number of alkyl halides is 1. The number of carboxylic acid groups (broad SMARTS) is 1. The van der Waals surface area contributed by atoms with E-state index in [1.165, 1.54) is 17.5 Å². The molecule has 0 saturated carbocycles. The minimum atomic E-state index is -0.935. The average Bonchev–Trinajstić information content (AvgIpc) is 2.34. The first-order valence-electron chi connectivity index (χ1n) is 5.29. The zero-order chi connectivity index (χ0) is 12.7. The van der Waals surface area contributed by atoms with Crippen LogP contribution in [0.25, 0.3) is 0 Å². The molecule has 1 amide bonds. The fourth-order valence-corrected chi connectivity index (χ4v) is 1.64. The molecule has 0 aliphatic carbocycles. The van der Waals surface area contributed by atoms with E-state index in [4.69, 9.17) is 9.84 Å². The lowest BCUT2D eigenvalue weighted by Gasteiger charge is -2.12. The Morgan fingerprint density at radius 3 is 2.82 bits per heavy atom. The monoisotopic (exact) mass is 301 g/mol. The van der Waals surface area contributed by atoms with Gasteiger partial charge in [0, 0.05) is 18.9 Å². The summed E-state index contributed by atoms with van der Waals surface area (Å²) in [5, 5.41) is 9.45. The van der Waals surface area contributed by atoms with Crippen molar-refractivity contribution in [2.24, 2.45) is 0 Å². The number of hydrogen-bond donors (Lipinski definition) is 1. The van der Waals surface area contributed by atoms with Gasteiger partial charge in [0.15, 0.2) is 0 Å². The van der Waals surface area contributed by atoms with Gasteiger partial charge >= 0.3 is 6.09 Å². The molecule has 0 bridgehead atoms. The number of benzene rings is 1. The van der Waals surface area contributed by atoms with Gasteiger partial charge in [0.1, 0.15) is 0 Å². The predicted molar refractivity (Wildman–Crippen MR) is 69.4 cm³/mol. The van der Waals surface area contributed by atoms with Crippen LogP contribution >= 0.6 is 15.9 Å². The molecule has 0 saturated heterocycles. The normalized spacial score (nSPS) is 10.2. The Hall–Kier alpha value is -1.07. The molecule has 0 aliphatic heterocycles. The molecule has 1 aromatic rings. The van der Waals surface area contributed by atoms with Crippen molar-refractivity contribution in [1.82, 2.24) is 4.90 Å². The van der Waals surface area contributed by atoms with Gasteiger partial charge in [0.2, 0.25) is 0 Å². The van der Waals surface area contributed by atoms with Gasteiger partial charge in [-0.3, -0.25) is 0 Å². The molecule has 0 radical (unpaired) electrons. The third kappa shape index (κ3) is 5.19. The van der Waals surface area contributed by atoms with E-state index in [9.17, 15) is 4.79 Å². The van der Waals surface area contributed by atoms with Crippen LogP contribution in [0.3, 0.4) is 0 Å². The van der Waals surface area contributed by atoms with Crippen LogP contribution in [0, 0.1) is 0 Å². The summed E-state index contributed by atoms with van der Waals surface area (Å²) in [6, 6.07) is 8.08. The second kappa shape index (κ2) is 7.29. The third-order valence-corrected chi connectivity index (χ3v) is 2.96. The maximum absolute atomic E-state index is 10.5. The van der Waals surface area contributed by atoms with E-state index in [1.54, 1.807) is 0 Å². The minimum absolute atomic E-state index is 0.382. The van der Waals surface area contributed by atoms with Crippen molar-refractivity contribution in [3.63, 3.8) is 0 Å². The Kier molecular flexibility index (Phi) is 6.00. The molecule has 1 N–H and O–H groups in total. The lowest BCUT2D eigenvalue weighted by Crippen LogP contribution is -2.28. The van der Waals surface area contributed by atoms with Crippen LogP contribution in [0.5, 0.6) is 0 Å². The molecule has 0 unspecified atom stereocenters. The van der Waals surface area contributed by atoms with Crippen LogP contribution in [0.2, 0.25) is 0 Å². The highest BCUT2D eigenvalue weighted by Crippen LogP contribution is 2.09. The Morgan fingerprint density at radius 2 is 2.18 bits per heavy atom. The topological polar surface area (TPSA) is 49.8 Å². The molecule has 1 rings (SSSR count). The lowest BCUT2D eigenvalue weighted by atomic mass is 10.1. The minimum Gasteiger partial charge on any atom is -0.465 e. The van der Waals surface area contributed by atoms with Crippen LogP contribution in [0.15, 0.2) is 24.3 Å². The van der Waals surface area contributed by atoms with Crippen LogP contribution in [0.4, 0.5) is 4.79 Å². The molecule has 1 aromatic carbocycles. The van der Waals surface area contributed by atoms with Crippen molar-refractivity contribution in [3.05, 3.63) is 35.4 Å². The van der Waals surface area contributed by atoms with Gasteiger partial charge < -0.3 is 14.7 Å². The smallest absolute Gasteiger partial charge is 0.407 e. The van der Waals surface area contributed by atoms with Crippen molar-refractivity contribution in [2.45, 2.75) is 11.9 Å². The number of hydrogen-bond acceptors (Lipinski definition) is 2. The first kappa shape index (κ1) is 14.0. The number of rotatable bonds is 6. The van der Waals surface area contributed by atoms with E-state index in [2.05, 4.69) is 22.0 Å². The van der Waals surface area contributed by atoms with Crippen LogP contribution in [-0.2, 0) is 16.7 Å². The summed E-state index contributed by atoms with van der Waals surface area (Å²) in [5.41, 5.74) is 2.30. The number of amides is 1. The summed E-state index contributed by atoms with van der Waals surface area (Å²) < 4.78 is 5.42. The summed E-state index contributed by atoms with van der Waals surface area (Å²) in [6.45, 7) is 1.29. The molecule has 5 heteroatoms. The molecule has 4 nitrogen and oxygen atoms in total. The fourth-order valence-electron chi connectivity index (χ4n) is 1.29. The Bertz CT molecular complexity index is 371. The lowest BCUT2D eigenvalue weighted by molar-refractivity contribution is 0.0934. The molecule has 0 fully saturated rings. The van der Waals surface area contributed by atoms with Gasteiger partial charge in [-0.1, -0.05) is 40.2 Å². The Morgan fingerprint density at radius 1 is 1.47 bits per heavy atom. The van der Waals surface area contributed by atoms with E-state index < -0.39 is 6.09 Å². The molecule has 0 spiro atoms. The van der Waals surface area contributed by atoms with Gasteiger partial charge in [0.05, 0.1) is 13.2 Å². The zero-order valence-electron chi connectivity index (χ0n) is 9.73. The maximum atomic E-state index is 10.5. The first-order valence-corrected chi connectivity index (χ1v) is 6.41. The highest BCUT2D eigenvalue weighted by Gasteiger charge is 2.04. The summed E-state index contributed by atoms with van der Waals surface area (Å²) in [6.07, 6.45) is -0.935. The summed E-state index contributed by atoms with van der Waals surface area (Å²) >= 11 is 3.40. The Labute approximate surface area is 109 Å². The van der Waals surface area contributed by atoms with E-state index >= 15 is 0 Å². The summed E-state index contributed by atoms with van der Waals surface area (Å²) in [7, 11) is 1.52. The average molecular weight is 302 g/mol.